The molecule has 0 aromatic carbocycles. The number of carbonyl (C=O) groups is 1. The fourth-order valence-electron chi connectivity index (χ4n) is 2.13. The summed E-state index contributed by atoms with van der Waals surface area (Å²) in [7, 11) is 2.81. The highest BCUT2D eigenvalue weighted by Crippen LogP contribution is 2.25. The lowest BCUT2D eigenvalue weighted by Crippen LogP contribution is -2.22. The zero-order chi connectivity index (χ0) is 12.0. The third-order valence-corrected chi connectivity index (χ3v) is 4.74. The molecule has 3 nitrogen and oxygen atoms in total. The molecule has 4 heteroatoms. The number of carbonyl (C=O) groups excluding carboxylic acids is 1. The van der Waals surface area contributed by atoms with Gasteiger partial charge in [-0.1, -0.05) is 12.8 Å². The van der Waals surface area contributed by atoms with E-state index in [2.05, 4.69) is 0 Å². The van der Waals surface area contributed by atoms with Crippen LogP contribution in [0.1, 0.15) is 38.5 Å². The van der Waals surface area contributed by atoms with Crippen molar-refractivity contribution in [2.75, 3.05) is 25.6 Å². The van der Waals surface area contributed by atoms with E-state index in [1.165, 1.54) is 25.7 Å². The summed E-state index contributed by atoms with van der Waals surface area (Å²) >= 11 is 0. The molecule has 0 aliphatic heterocycles. The first-order valence-electron chi connectivity index (χ1n) is 6.14. The number of hydrogen-bond acceptors (Lipinski definition) is 2. The molecular formula is C12H23NO2S. The van der Waals surface area contributed by atoms with Gasteiger partial charge in [-0.25, -0.2) is 0 Å². The molecule has 0 saturated heterocycles. The molecule has 0 aromatic rings. The Bertz CT molecular complexity index is 247. The minimum Gasteiger partial charge on any atom is -0.349 e. The topological polar surface area (TPSA) is 37.4 Å². The van der Waals surface area contributed by atoms with Crippen molar-refractivity contribution in [3.05, 3.63) is 0 Å². The van der Waals surface area contributed by atoms with Gasteiger partial charge in [-0.05, 0) is 25.2 Å². The summed E-state index contributed by atoms with van der Waals surface area (Å²) in [5.74, 6) is 2.37. The van der Waals surface area contributed by atoms with E-state index in [1.807, 2.05) is 0 Å². The third-order valence-electron chi connectivity index (χ3n) is 3.16. The van der Waals surface area contributed by atoms with Crippen molar-refractivity contribution in [1.29, 1.82) is 0 Å². The van der Waals surface area contributed by atoms with Crippen LogP contribution in [0.5, 0.6) is 0 Å². The van der Waals surface area contributed by atoms with Crippen LogP contribution in [0.15, 0.2) is 0 Å². The number of nitrogens with zero attached hydrogens (tertiary/aromatic N) is 1. The normalized spacial score (nSPS) is 18.6. The molecule has 1 aliphatic rings. The van der Waals surface area contributed by atoms with Crippen LogP contribution in [0.4, 0.5) is 0 Å². The monoisotopic (exact) mass is 245 g/mol. The van der Waals surface area contributed by atoms with Crippen molar-refractivity contribution < 1.29 is 9.00 Å². The Morgan fingerprint density at radius 1 is 1.31 bits per heavy atom. The van der Waals surface area contributed by atoms with E-state index in [9.17, 15) is 9.00 Å². The fourth-order valence-corrected chi connectivity index (χ4v) is 3.62. The fraction of sp³-hybridized carbons (Fsp3) is 0.917. The molecule has 0 bridgehead atoms. The van der Waals surface area contributed by atoms with E-state index in [0.29, 0.717) is 18.1 Å². The molecule has 16 heavy (non-hydrogen) atoms. The Kier molecular flexibility index (Phi) is 6.03. The molecule has 1 atom stereocenters. The highest BCUT2D eigenvalue weighted by atomic mass is 32.2. The van der Waals surface area contributed by atoms with Gasteiger partial charge in [0.25, 0.3) is 0 Å². The predicted octanol–water partition coefficient (Wildman–Crippen LogP) is 1.79. The van der Waals surface area contributed by atoms with Crippen LogP contribution in [0.3, 0.4) is 0 Å². The zero-order valence-electron chi connectivity index (χ0n) is 10.4. The molecule has 94 valence electrons. The second-order valence-corrected chi connectivity index (χ2v) is 6.47. The summed E-state index contributed by atoms with van der Waals surface area (Å²) in [6.07, 6.45) is 6.41. The maximum Gasteiger partial charge on any atom is 0.222 e. The Morgan fingerprint density at radius 3 is 2.50 bits per heavy atom. The summed E-state index contributed by atoms with van der Waals surface area (Å²) in [6.45, 7) is 0. The van der Waals surface area contributed by atoms with Gasteiger partial charge in [-0.3, -0.25) is 9.00 Å². The number of rotatable bonds is 6. The van der Waals surface area contributed by atoms with E-state index >= 15 is 0 Å². The number of hydrogen-bond donors (Lipinski definition) is 0. The van der Waals surface area contributed by atoms with E-state index in [1.54, 1.807) is 19.0 Å². The van der Waals surface area contributed by atoms with Gasteiger partial charge in [-0.2, -0.15) is 0 Å². The molecule has 0 heterocycles. The van der Waals surface area contributed by atoms with Crippen molar-refractivity contribution in [3.8, 4) is 0 Å². The lowest BCUT2D eigenvalue weighted by Gasteiger charge is -2.10. The van der Waals surface area contributed by atoms with E-state index in [4.69, 9.17) is 0 Å². The van der Waals surface area contributed by atoms with Gasteiger partial charge in [0, 0.05) is 42.8 Å². The highest BCUT2D eigenvalue weighted by molar-refractivity contribution is 7.84. The van der Waals surface area contributed by atoms with Crippen molar-refractivity contribution in [3.63, 3.8) is 0 Å². The van der Waals surface area contributed by atoms with E-state index < -0.39 is 10.8 Å². The third kappa shape index (κ3) is 5.10. The molecular weight excluding hydrogens is 222 g/mol. The second-order valence-electron chi connectivity index (χ2n) is 4.85. The molecule has 0 radical (unpaired) electrons. The first-order chi connectivity index (χ1) is 7.59. The van der Waals surface area contributed by atoms with Gasteiger partial charge < -0.3 is 4.90 Å². The molecule has 1 fully saturated rings. The molecule has 0 spiro atoms. The van der Waals surface area contributed by atoms with Gasteiger partial charge >= 0.3 is 0 Å². The molecule has 1 aliphatic carbocycles. The maximum atomic E-state index is 11.7. The second kappa shape index (κ2) is 7.05. The van der Waals surface area contributed by atoms with Crippen molar-refractivity contribution >= 4 is 16.7 Å². The van der Waals surface area contributed by atoms with E-state index in [-0.39, 0.29) is 5.91 Å². The van der Waals surface area contributed by atoms with Gasteiger partial charge in [0.2, 0.25) is 5.91 Å². The van der Waals surface area contributed by atoms with Gasteiger partial charge in [0.1, 0.15) is 0 Å². The van der Waals surface area contributed by atoms with Gasteiger partial charge in [0.05, 0.1) is 0 Å². The van der Waals surface area contributed by atoms with Crippen LogP contribution in [0.25, 0.3) is 0 Å². The number of amides is 1. The molecule has 1 amide bonds. The van der Waals surface area contributed by atoms with Crippen LogP contribution in [-0.4, -0.2) is 40.6 Å². The summed E-state index contributed by atoms with van der Waals surface area (Å²) in [6, 6.07) is 0. The van der Waals surface area contributed by atoms with Crippen molar-refractivity contribution in [2.45, 2.75) is 38.5 Å². The summed E-state index contributed by atoms with van der Waals surface area (Å²) in [4.78, 5) is 12.9. The molecule has 1 unspecified atom stereocenters. The van der Waals surface area contributed by atoms with Crippen LogP contribution in [0, 0.1) is 5.92 Å². The Morgan fingerprint density at radius 2 is 1.94 bits per heavy atom. The minimum absolute atomic E-state index is 0.137. The van der Waals surface area contributed by atoms with Gasteiger partial charge in [0.15, 0.2) is 0 Å². The molecule has 1 rings (SSSR count). The summed E-state index contributed by atoms with van der Waals surface area (Å²) in [5.41, 5.74) is 0. The quantitative estimate of drug-likeness (QED) is 0.715. The molecule has 0 aromatic heterocycles. The average Bonchev–Trinajstić information content (AvgIpc) is 2.70. The maximum absolute atomic E-state index is 11.7. The Balaban J connectivity index is 2.08. The smallest absolute Gasteiger partial charge is 0.222 e. The summed E-state index contributed by atoms with van der Waals surface area (Å²) < 4.78 is 11.7. The lowest BCUT2D eigenvalue weighted by atomic mass is 10.1. The lowest BCUT2D eigenvalue weighted by molar-refractivity contribution is -0.128. The highest BCUT2D eigenvalue weighted by Gasteiger charge is 2.17. The first kappa shape index (κ1) is 13.7. The van der Waals surface area contributed by atoms with Gasteiger partial charge in [-0.15, -0.1) is 0 Å². The molecule has 0 N–H and O–H groups in total. The van der Waals surface area contributed by atoms with E-state index in [0.717, 1.165) is 12.2 Å². The molecule has 1 saturated carbocycles. The standard InChI is InChI=1S/C12H23NO2S/c1-13(2)12(14)8-5-9-16(15)10-11-6-3-4-7-11/h11H,3-10H2,1-2H3. The van der Waals surface area contributed by atoms with Crippen molar-refractivity contribution in [2.24, 2.45) is 5.92 Å². The largest absolute Gasteiger partial charge is 0.349 e. The van der Waals surface area contributed by atoms with Crippen LogP contribution >= 0.6 is 0 Å². The Labute approximate surface area is 101 Å². The SMILES string of the molecule is CN(C)C(=O)CCCS(=O)CC1CCCC1. The predicted molar refractivity (Wildman–Crippen MR) is 67.8 cm³/mol. The minimum atomic E-state index is -0.710. The van der Waals surface area contributed by atoms with Crippen LogP contribution in [-0.2, 0) is 15.6 Å². The summed E-state index contributed by atoms with van der Waals surface area (Å²) in [5, 5.41) is 0. The average molecular weight is 245 g/mol. The Hall–Kier alpha value is -0.380. The van der Waals surface area contributed by atoms with Crippen LogP contribution in [0.2, 0.25) is 0 Å². The van der Waals surface area contributed by atoms with Crippen LogP contribution < -0.4 is 0 Å². The van der Waals surface area contributed by atoms with Crippen molar-refractivity contribution in [1.82, 2.24) is 4.90 Å². The zero-order valence-corrected chi connectivity index (χ0v) is 11.2. The first-order valence-corrected chi connectivity index (χ1v) is 7.63.